The molecule has 0 aliphatic rings. The van der Waals surface area contributed by atoms with Crippen LogP contribution in [0.25, 0.3) is 32.3 Å². The van der Waals surface area contributed by atoms with E-state index >= 15 is 0 Å². The third-order valence-electron chi connectivity index (χ3n) is 3.63. The molecule has 0 aromatic heterocycles. The highest BCUT2D eigenvalue weighted by Gasteiger charge is 2.10. The van der Waals surface area contributed by atoms with Crippen molar-refractivity contribution in [1.82, 2.24) is 0 Å². The number of hydrogen-bond acceptors (Lipinski definition) is 1. The van der Waals surface area contributed by atoms with Crippen LogP contribution < -0.4 is 4.74 Å². The number of rotatable bonds is 1. The van der Waals surface area contributed by atoms with E-state index in [9.17, 15) is 0 Å². The summed E-state index contributed by atoms with van der Waals surface area (Å²) in [5, 5.41) is 7.51. The molecule has 18 heavy (non-hydrogen) atoms. The fraction of sp³-hybridized carbons (Fsp3) is 0.0588. The monoisotopic (exact) mass is 231 g/mol. The molecule has 4 aromatic rings. The van der Waals surface area contributed by atoms with Crippen LogP contribution in [-0.4, -0.2) is 7.11 Å². The smallest absolute Gasteiger partial charge is 0.126 e. The molecule has 0 spiro atoms. The Balaban J connectivity index is 2.40. The first-order chi connectivity index (χ1) is 8.88. The predicted octanol–water partition coefficient (Wildman–Crippen LogP) is 4.39. The summed E-state index contributed by atoms with van der Waals surface area (Å²) in [4.78, 5) is 0. The normalized spacial score (nSPS) is 11.6. The molecule has 0 amide bonds. The van der Waals surface area contributed by atoms with Crippen LogP contribution in [0.5, 0.6) is 5.75 Å². The van der Waals surface area contributed by atoms with Gasteiger partial charge in [0.15, 0.2) is 0 Å². The summed E-state index contributed by atoms with van der Waals surface area (Å²) >= 11 is 0. The van der Waals surface area contributed by atoms with Gasteiger partial charge in [-0.3, -0.25) is 0 Å². The van der Waals surface area contributed by atoms with E-state index in [1.807, 2.05) is 18.2 Å². The van der Waals surface area contributed by atoms with Gasteiger partial charge in [0.1, 0.15) is 5.75 Å². The summed E-state index contributed by atoms with van der Waals surface area (Å²) in [6, 6.07) is 20.0. The molecule has 0 bridgehead atoms. The first-order valence-corrected chi connectivity index (χ1v) is 6.00. The molecule has 0 unspecified atom stereocenters. The molecule has 1 nitrogen and oxygen atoms in total. The van der Waals surface area contributed by atoms with Crippen LogP contribution in [0.2, 0.25) is 0 Å². The first-order valence-electron chi connectivity index (χ1n) is 6.00. The zero-order valence-corrected chi connectivity index (χ0v) is 10.0. The minimum Gasteiger partial charge on any atom is -0.496 e. The second kappa shape index (κ2) is 3.36. The molecular weight excluding hydrogens is 220 g/mol. The summed E-state index contributed by atoms with van der Waals surface area (Å²) in [6.45, 7) is 0. The Labute approximate surface area is 105 Å². The molecule has 0 saturated carbocycles. The van der Waals surface area contributed by atoms with Crippen LogP contribution in [-0.2, 0) is 0 Å². The number of ether oxygens (including phenoxy) is 1. The fourth-order valence-corrected chi connectivity index (χ4v) is 2.82. The zero-order chi connectivity index (χ0) is 12.1. The van der Waals surface area contributed by atoms with Gasteiger partial charge < -0.3 is 4.74 Å². The Morgan fingerprint density at radius 3 is 2.22 bits per heavy atom. The van der Waals surface area contributed by atoms with Crippen molar-refractivity contribution >= 4 is 32.3 Å². The Kier molecular flexibility index (Phi) is 1.81. The van der Waals surface area contributed by atoms with Crippen LogP contribution in [0.15, 0.2) is 48.5 Å². The van der Waals surface area contributed by atoms with E-state index in [4.69, 9.17) is 4.74 Å². The Hall–Kier alpha value is -2.28. The van der Waals surface area contributed by atoms with Crippen molar-refractivity contribution in [3.63, 3.8) is 0 Å². The van der Waals surface area contributed by atoms with Gasteiger partial charge >= 0.3 is 0 Å². The van der Waals surface area contributed by atoms with Crippen molar-refractivity contribution in [2.24, 2.45) is 0 Å². The van der Waals surface area contributed by atoms with Crippen molar-refractivity contribution in [2.45, 2.75) is 0 Å². The van der Waals surface area contributed by atoms with Gasteiger partial charge in [0.05, 0.1) is 7.11 Å². The van der Waals surface area contributed by atoms with Crippen LogP contribution in [0.4, 0.5) is 0 Å². The molecule has 4 aromatic carbocycles. The van der Waals surface area contributed by atoms with Crippen LogP contribution in [0.1, 0.15) is 0 Å². The lowest BCUT2D eigenvalue weighted by Gasteiger charge is -2.12. The third-order valence-corrected chi connectivity index (χ3v) is 3.63. The molecule has 4 rings (SSSR count). The van der Waals surface area contributed by atoms with Gasteiger partial charge in [-0.1, -0.05) is 24.3 Å². The Bertz CT molecular complexity index is 845. The van der Waals surface area contributed by atoms with E-state index in [0.717, 1.165) is 5.75 Å². The fourth-order valence-electron chi connectivity index (χ4n) is 2.82. The molecule has 0 aliphatic heterocycles. The highest BCUT2D eigenvalue weighted by atomic mass is 16.5. The lowest BCUT2D eigenvalue weighted by Crippen LogP contribution is -1.88. The largest absolute Gasteiger partial charge is 0.496 e. The molecule has 0 N–H and O–H groups in total. The third kappa shape index (κ3) is 1.11. The number of benzene rings is 4. The van der Waals surface area contributed by atoms with E-state index in [1.165, 1.54) is 32.3 Å². The molecule has 85 valence electrons. The van der Waals surface area contributed by atoms with E-state index < -0.39 is 0 Å². The van der Waals surface area contributed by atoms with Crippen LogP contribution >= 0.6 is 0 Å². The van der Waals surface area contributed by atoms with Gasteiger partial charge in [0, 0.05) is 10.8 Å². The van der Waals surface area contributed by atoms with E-state index in [-0.39, 0.29) is 0 Å². The first kappa shape index (κ1) is 9.72. The SMILES string of the molecule is COc1ccc2ccc3c[c]cc4ccc1c2c34. The van der Waals surface area contributed by atoms with E-state index in [2.05, 4.69) is 36.4 Å². The van der Waals surface area contributed by atoms with Crippen molar-refractivity contribution in [3.8, 4) is 5.75 Å². The molecule has 0 fully saturated rings. The van der Waals surface area contributed by atoms with Crippen molar-refractivity contribution < 1.29 is 4.74 Å². The topological polar surface area (TPSA) is 9.23 Å². The average molecular weight is 231 g/mol. The highest BCUT2D eigenvalue weighted by Crippen LogP contribution is 2.38. The lowest BCUT2D eigenvalue weighted by molar-refractivity contribution is 0.420. The second-order valence-electron chi connectivity index (χ2n) is 4.55. The highest BCUT2D eigenvalue weighted by molar-refractivity contribution is 6.24. The summed E-state index contributed by atoms with van der Waals surface area (Å²) in [7, 11) is 1.72. The Morgan fingerprint density at radius 2 is 1.44 bits per heavy atom. The maximum Gasteiger partial charge on any atom is 0.126 e. The summed E-state index contributed by atoms with van der Waals surface area (Å²) in [5.74, 6) is 0.935. The molecule has 0 heterocycles. The number of hydrogen-bond donors (Lipinski definition) is 0. The Morgan fingerprint density at radius 1 is 0.778 bits per heavy atom. The van der Waals surface area contributed by atoms with Gasteiger partial charge in [-0.2, -0.15) is 0 Å². The van der Waals surface area contributed by atoms with Crippen molar-refractivity contribution in [2.75, 3.05) is 7.11 Å². The lowest BCUT2D eigenvalue weighted by atomic mass is 9.94. The standard InChI is InChI=1S/C17H11O/c1-18-15-10-8-13-6-5-11-3-2-4-12-7-9-14(15)17(13)16(11)12/h3-10H,1H3. The second-order valence-corrected chi connectivity index (χ2v) is 4.55. The van der Waals surface area contributed by atoms with Crippen molar-refractivity contribution in [3.05, 3.63) is 54.6 Å². The van der Waals surface area contributed by atoms with Gasteiger partial charge in [-0.05, 0) is 51.9 Å². The summed E-state index contributed by atoms with van der Waals surface area (Å²) in [6.07, 6.45) is 0. The average Bonchev–Trinajstić information content (AvgIpc) is 2.44. The van der Waals surface area contributed by atoms with E-state index in [0.29, 0.717) is 0 Å². The summed E-state index contributed by atoms with van der Waals surface area (Å²) in [5.41, 5.74) is 0. The number of methoxy groups -OCH3 is 1. The van der Waals surface area contributed by atoms with Gasteiger partial charge in [0.25, 0.3) is 0 Å². The molecule has 1 heteroatoms. The molecular formula is C17H11O. The van der Waals surface area contributed by atoms with Crippen LogP contribution in [0.3, 0.4) is 0 Å². The molecule has 1 radical (unpaired) electrons. The maximum absolute atomic E-state index is 5.46. The quantitative estimate of drug-likeness (QED) is 0.441. The minimum atomic E-state index is 0.935. The minimum absolute atomic E-state index is 0.935. The van der Waals surface area contributed by atoms with Gasteiger partial charge in [0.2, 0.25) is 0 Å². The molecule has 0 atom stereocenters. The zero-order valence-electron chi connectivity index (χ0n) is 10.0. The van der Waals surface area contributed by atoms with Gasteiger partial charge in [-0.15, -0.1) is 0 Å². The molecule has 0 aliphatic carbocycles. The maximum atomic E-state index is 5.46. The van der Waals surface area contributed by atoms with Gasteiger partial charge in [-0.25, -0.2) is 0 Å². The van der Waals surface area contributed by atoms with E-state index in [1.54, 1.807) is 7.11 Å². The van der Waals surface area contributed by atoms with Crippen LogP contribution in [0, 0.1) is 6.07 Å². The van der Waals surface area contributed by atoms with Crippen molar-refractivity contribution in [1.29, 1.82) is 0 Å². The molecule has 0 saturated heterocycles. The predicted molar refractivity (Wildman–Crippen MR) is 75.5 cm³/mol. The summed E-state index contributed by atoms with van der Waals surface area (Å²) < 4.78 is 5.46.